The van der Waals surface area contributed by atoms with Crippen LogP contribution in [-0.4, -0.2) is 38.7 Å². The van der Waals surface area contributed by atoms with Crippen molar-refractivity contribution in [2.24, 2.45) is 5.84 Å². The minimum Gasteiger partial charge on any atom is -0.351 e. The molecule has 0 aliphatic carbocycles. The van der Waals surface area contributed by atoms with Crippen LogP contribution in [0.3, 0.4) is 0 Å². The van der Waals surface area contributed by atoms with Crippen molar-refractivity contribution < 1.29 is 13.2 Å². The number of hydrogen-bond donors (Lipinski definition) is 4. The number of nitrogens with zero attached hydrogens (tertiary/aromatic N) is 1. The normalized spacial score (nSPS) is 11.1. The first-order valence-corrected chi connectivity index (χ1v) is 7.38. The lowest BCUT2D eigenvalue weighted by Gasteiger charge is -2.10. The molecule has 0 aromatic carbocycles. The van der Waals surface area contributed by atoms with Crippen molar-refractivity contribution in [1.29, 1.82) is 0 Å². The predicted octanol–water partition coefficient (Wildman–Crippen LogP) is -1.05. The number of pyridine rings is 1. The molecule has 8 nitrogen and oxygen atoms in total. The number of rotatable bonds is 6. The fourth-order valence-corrected chi connectivity index (χ4v) is 1.84. The molecule has 0 atom stereocenters. The first-order valence-electron chi connectivity index (χ1n) is 5.49. The smallest absolute Gasteiger partial charge is 0.255 e. The van der Waals surface area contributed by atoms with Crippen molar-refractivity contribution in [3.05, 3.63) is 23.5 Å². The maximum atomic E-state index is 11.8. The number of carbonyl (C=O) groups excluding carboxylic acids is 1. The minimum absolute atomic E-state index is 0.120. The lowest BCUT2D eigenvalue weighted by atomic mass is 10.2. The van der Waals surface area contributed by atoms with E-state index in [9.17, 15) is 13.2 Å². The van der Waals surface area contributed by atoms with Crippen LogP contribution in [0.5, 0.6) is 0 Å². The van der Waals surface area contributed by atoms with Gasteiger partial charge < -0.3 is 10.7 Å². The van der Waals surface area contributed by atoms with Gasteiger partial charge in [-0.1, -0.05) is 0 Å². The summed E-state index contributed by atoms with van der Waals surface area (Å²) in [7, 11) is -3.25. The fraction of sp³-hybridized carbons (Fsp3) is 0.400. The average Bonchev–Trinajstić information content (AvgIpc) is 2.33. The van der Waals surface area contributed by atoms with Crippen LogP contribution in [0.2, 0.25) is 0 Å². The molecule has 106 valence electrons. The molecule has 0 saturated heterocycles. The van der Waals surface area contributed by atoms with E-state index in [-0.39, 0.29) is 19.0 Å². The van der Waals surface area contributed by atoms with Gasteiger partial charge in [0.05, 0.1) is 17.5 Å². The number of nitrogens with two attached hydrogens (primary N) is 1. The van der Waals surface area contributed by atoms with E-state index < -0.39 is 10.0 Å². The van der Waals surface area contributed by atoms with Gasteiger partial charge in [-0.3, -0.25) is 15.6 Å². The number of carbonyl (C=O) groups is 1. The Balaban J connectivity index is 2.59. The molecule has 5 N–H and O–H groups in total. The topological polar surface area (TPSA) is 126 Å². The van der Waals surface area contributed by atoms with E-state index in [1.807, 2.05) is 0 Å². The molecule has 1 amide bonds. The molecule has 1 heterocycles. The number of anilines is 1. The van der Waals surface area contributed by atoms with Crippen LogP contribution in [0.15, 0.2) is 12.3 Å². The molecule has 19 heavy (non-hydrogen) atoms. The zero-order valence-corrected chi connectivity index (χ0v) is 11.5. The van der Waals surface area contributed by atoms with E-state index in [4.69, 9.17) is 5.84 Å². The SMILES string of the molecule is Cc1cc(NN)c(C(=O)NCCNS(C)(=O)=O)cn1. The van der Waals surface area contributed by atoms with Crippen LogP contribution in [0.1, 0.15) is 16.1 Å². The van der Waals surface area contributed by atoms with Crippen LogP contribution >= 0.6 is 0 Å². The average molecular weight is 287 g/mol. The van der Waals surface area contributed by atoms with Crippen LogP contribution in [-0.2, 0) is 10.0 Å². The van der Waals surface area contributed by atoms with Crippen molar-refractivity contribution in [3.63, 3.8) is 0 Å². The number of hydrazine groups is 1. The molecule has 9 heteroatoms. The van der Waals surface area contributed by atoms with Gasteiger partial charge in [-0.2, -0.15) is 0 Å². The van der Waals surface area contributed by atoms with Gasteiger partial charge >= 0.3 is 0 Å². The summed E-state index contributed by atoms with van der Waals surface area (Å²) < 4.78 is 23.9. The third-order valence-corrected chi connectivity index (χ3v) is 2.94. The van der Waals surface area contributed by atoms with Gasteiger partial charge in [0, 0.05) is 25.0 Å². The first kappa shape index (κ1) is 15.3. The quantitative estimate of drug-likeness (QED) is 0.300. The largest absolute Gasteiger partial charge is 0.351 e. The van der Waals surface area contributed by atoms with Gasteiger partial charge in [-0.15, -0.1) is 0 Å². The highest BCUT2D eigenvalue weighted by Gasteiger charge is 2.11. The number of aryl methyl sites for hydroxylation is 1. The molecule has 0 fully saturated rings. The van der Waals surface area contributed by atoms with Crippen LogP contribution in [0.4, 0.5) is 5.69 Å². The molecule has 1 aromatic heterocycles. The Labute approximate surface area is 111 Å². The van der Waals surface area contributed by atoms with E-state index in [0.29, 0.717) is 11.3 Å². The zero-order valence-electron chi connectivity index (χ0n) is 10.7. The summed E-state index contributed by atoms with van der Waals surface area (Å²) in [5.74, 6) is 4.94. The van der Waals surface area contributed by atoms with Crippen LogP contribution < -0.4 is 21.3 Å². The summed E-state index contributed by atoms with van der Waals surface area (Å²) in [6.07, 6.45) is 2.46. The van der Waals surface area contributed by atoms with Gasteiger partial charge in [-0.25, -0.2) is 13.1 Å². The molecular weight excluding hydrogens is 270 g/mol. The second kappa shape index (κ2) is 6.45. The van der Waals surface area contributed by atoms with E-state index >= 15 is 0 Å². The maximum absolute atomic E-state index is 11.8. The van der Waals surface area contributed by atoms with Crippen molar-refractivity contribution in [1.82, 2.24) is 15.0 Å². The monoisotopic (exact) mass is 287 g/mol. The first-order chi connectivity index (χ1) is 8.83. The Bertz CT molecular complexity index is 558. The van der Waals surface area contributed by atoms with Crippen molar-refractivity contribution in [2.45, 2.75) is 6.92 Å². The Morgan fingerprint density at radius 3 is 2.68 bits per heavy atom. The highest BCUT2D eigenvalue weighted by atomic mass is 32.2. The molecule has 0 bridgehead atoms. The molecule has 0 saturated carbocycles. The van der Waals surface area contributed by atoms with Crippen LogP contribution in [0.25, 0.3) is 0 Å². The predicted molar refractivity (Wildman–Crippen MR) is 72.0 cm³/mol. The number of nitrogens with one attached hydrogen (secondary N) is 3. The van der Waals surface area contributed by atoms with E-state index in [1.54, 1.807) is 13.0 Å². The Morgan fingerprint density at radius 2 is 2.11 bits per heavy atom. The van der Waals surface area contributed by atoms with Crippen molar-refractivity contribution in [2.75, 3.05) is 24.8 Å². The Hall–Kier alpha value is -1.71. The number of sulfonamides is 1. The molecule has 0 aliphatic rings. The van der Waals surface area contributed by atoms with E-state index in [2.05, 4.69) is 20.4 Å². The fourth-order valence-electron chi connectivity index (χ4n) is 1.37. The van der Waals surface area contributed by atoms with E-state index in [1.165, 1.54) is 6.20 Å². The molecule has 1 rings (SSSR count). The van der Waals surface area contributed by atoms with E-state index in [0.717, 1.165) is 11.9 Å². The third-order valence-electron chi connectivity index (χ3n) is 2.22. The van der Waals surface area contributed by atoms with Crippen molar-refractivity contribution in [3.8, 4) is 0 Å². The lowest BCUT2D eigenvalue weighted by molar-refractivity contribution is 0.0954. The standard InChI is InChI=1S/C10H17N5O3S/c1-7-5-9(15-11)8(6-13-7)10(16)12-3-4-14-19(2,17)18/h5-6,14H,3-4,11H2,1-2H3,(H,12,16)(H,13,15). The van der Waals surface area contributed by atoms with Crippen molar-refractivity contribution >= 4 is 21.6 Å². The zero-order chi connectivity index (χ0) is 14.5. The summed E-state index contributed by atoms with van der Waals surface area (Å²) in [5, 5.41) is 2.56. The molecular formula is C10H17N5O3S. The minimum atomic E-state index is -3.25. The third kappa shape index (κ3) is 5.20. The maximum Gasteiger partial charge on any atom is 0.255 e. The molecule has 1 aromatic rings. The molecule has 0 spiro atoms. The summed E-state index contributed by atoms with van der Waals surface area (Å²) in [6, 6.07) is 1.64. The lowest BCUT2D eigenvalue weighted by Crippen LogP contribution is -2.34. The number of amides is 1. The van der Waals surface area contributed by atoms with Gasteiger partial charge in [0.15, 0.2) is 0 Å². The van der Waals surface area contributed by atoms with Gasteiger partial charge in [0.2, 0.25) is 10.0 Å². The van der Waals surface area contributed by atoms with Gasteiger partial charge in [0.1, 0.15) is 0 Å². The highest BCUT2D eigenvalue weighted by Crippen LogP contribution is 2.13. The highest BCUT2D eigenvalue weighted by molar-refractivity contribution is 7.88. The second-order valence-electron chi connectivity index (χ2n) is 3.94. The van der Waals surface area contributed by atoms with Gasteiger partial charge in [0.25, 0.3) is 5.91 Å². The van der Waals surface area contributed by atoms with Gasteiger partial charge in [-0.05, 0) is 13.0 Å². The summed E-state index contributed by atoms with van der Waals surface area (Å²) in [6.45, 7) is 2.07. The Kier molecular flexibility index (Phi) is 5.21. The summed E-state index contributed by atoms with van der Waals surface area (Å²) in [5.41, 5.74) is 3.90. The molecule has 0 radical (unpaired) electrons. The number of nitrogen functional groups attached to an aromatic ring is 1. The number of hydrogen-bond acceptors (Lipinski definition) is 6. The second-order valence-corrected chi connectivity index (χ2v) is 5.77. The van der Waals surface area contributed by atoms with Crippen LogP contribution in [0, 0.1) is 6.92 Å². The summed E-state index contributed by atoms with van der Waals surface area (Å²) in [4.78, 5) is 15.8. The molecule has 0 aliphatic heterocycles. The summed E-state index contributed by atoms with van der Waals surface area (Å²) >= 11 is 0. The number of aromatic nitrogens is 1. The Morgan fingerprint density at radius 1 is 1.42 bits per heavy atom. The molecule has 0 unspecified atom stereocenters.